The van der Waals surface area contributed by atoms with Crippen LogP contribution in [0.3, 0.4) is 0 Å². The van der Waals surface area contributed by atoms with Crippen LogP contribution in [-0.4, -0.2) is 18.9 Å². The molecule has 0 heterocycles. The monoisotopic (exact) mass is 374 g/mol. The van der Waals surface area contributed by atoms with Gasteiger partial charge in [-0.2, -0.15) is 0 Å². The van der Waals surface area contributed by atoms with Crippen molar-refractivity contribution in [2.75, 3.05) is 12.4 Å². The highest BCUT2D eigenvalue weighted by molar-refractivity contribution is 9.10. The summed E-state index contributed by atoms with van der Waals surface area (Å²) in [5.74, 6) is -0.0602. The summed E-state index contributed by atoms with van der Waals surface area (Å²) in [7, 11) is 1.61. The van der Waals surface area contributed by atoms with Gasteiger partial charge in [0.25, 0.3) is 0 Å². The van der Waals surface area contributed by atoms with E-state index in [4.69, 9.17) is 0 Å². The normalized spacial score (nSPS) is 10.2. The lowest BCUT2D eigenvalue weighted by atomic mass is 10.1. The first-order chi connectivity index (χ1) is 11.1. The first-order valence-corrected chi connectivity index (χ1v) is 8.20. The summed E-state index contributed by atoms with van der Waals surface area (Å²) in [6.45, 7) is 0. The molecule has 0 aromatic heterocycles. The number of amides is 2. The molecule has 120 valence electrons. The fraction of sp³-hybridized carbons (Fsp3) is 0.222. The first kappa shape index (κ1) is 17.2. The minimum Gasteiger partial charge on any atom is -0.359 e. The number of anilines is 1. The van der Waals surface area contributed by atoms with Crippen LogP contribution in [0.1, 0.15) is 17.5 Å². The lowest BCUT2D eigenvalue weighted by molar-refractivity contribution is -0.120. The third-order valence-electron chi connectivity index (χ3n) is 3.46. The maximum absolute atomic E-state index is 12.0. The van der Waals surface area contributed by atoms with E-state index in [1.807, 2.05) is 48.5 Å². The van der Waals surface area contributed by atoms with Crippen molar-refractivity contribution in [3.8, 4) is 0 Å². The van der Waals surface area contributed by atoms with Crippen LogP contribution in [0.2, 0.25) is 0 Å². The summed E-state index contributed by atoms with van der Waals surface area (Å²) >= 11 is 3.48. The van der Waals surface area contributed by atoms with Crippen molar-refractivity contribution in [2.45, 2.75) is 19.3 Å². The van der Waals surface area contributed by atoms with Gasteiger partial charge in [-0.15, -0.1) is 0 Å². The third-order valence-corrected chi connectivity index (χ3v) is 4.23. The number of likely N-dealkylation sites (N-methyl/N-ethyl adjacent to an activating group) is 1. The number of hydrogen-bond acceptors (Lipinski definition) is 2. The van der Waals surface area contributed by atoms with Gasteiger partial charge in [0.1, 0.15) is 0 Å². The highest BCUT2D eigenvalue weighted by Crippen LogP contribution is 2.18. The Hall–Kier alpha value is -2.14. The van der Waals surface area contributed by atoms with Crippen LogP contribution in [0.5, 0.6) is 0 Å². The van der Waals surface area contributed by atoms with Crippen molar-refractivity contribution in [3.63, 3.8) is 0 Å². The molecule has 2 aromatic rings. The Kier molecular flexibility index (Phi) is 6.35. The van der Waals surface area contributed by atoms with Gasteiger partial charge in [0.2, 0.25) is 11.8 Å². The molecule has 2 aromatic carbocycles. The van der Waals surface area contributed by atoms with Crippen molar-refractivity contribution in [1.29, 1.82) is 0 Å². The number of benzene rings is 2. The number of carbonyl (C=O) groups excluding carboxylic acids is 2. The van der Waals surface area contributed by atoms with Crippen LogP contribution in [-0.2, 0) is 22.4 Å². The maximum atomic E-state index is 12.0. The van der Waals surface area contributed by atoms with Gasteiger partial charge in [0.15, 0.2) is 0 Å². The van der Waals surface area contributed by atoms with Gasteiger partial charge >= 0.3 is 0 Å². The number of carbonyl (C=O) groups is 2. The molecule has 2 amide bonds. The average Bonchev–Trinajstić information content (AvgIpc) is 2.56. The van der Waals surface area contributed by atoms with Crippen LogP contribution >= 0.6 is 15.9 Å². The predicted molar refractivity (Wildman–Crippen MR) is 95.3 cm³/mol. The lowest BCUT2D eigenvalue weighted by Crippen LogP contribution is -2.19. The molecule has 0 aliphatic carbocycles. The van der Waals surface area contributed by atoms with Crippen molar-refractivity contribution in [1.82, 2.24) is 5.32 Å². The van der Waals surface area contributed by atoms with Crippen molar-refractivity contribution in [2.24, 2.45) is 0 Å². The zero-order valence-electron chi connectivity index (χ0n) is 12.9. The van der Waals surface area contributed by atoms with Gasteiger partial charge in [-0.3, -0.25) is 9.59 Å². The molecule has 0 bridgehead atoms. The van der Waals surface area contributed by atoms with E-state index in [9.17, 15) is 9.59 Å². The number of aryl methyl sites for hydroxylation is 1. The van der Waals surface area contributed by atoms with E-state index in [1.165, 1.54) is 0 Å². The molecule has 0 spiro atoms. The molecule has 0 radical (unpaired) electrons. The first-order valence-electron chi connectivity index (χ1n) is 7.41. The Balaban J connectivity index is 1.85. The molecule has 0 unspecified atom stereocenters. The molecule has 0 aliphatic rings. The van der Waals surface area contributed by atoms with Crippen LogP contribution < -0.4 is 10.6 Å². The Morgan fingerprint density at radius 1 is 1.00 bits per heavy atom. The molecule has 0 aliphatic heterocycles. The largest absolute Gasteiger partial charge is 0.359 e. The minimum absolute atomic E-state index is 0.0280. The number of rotatable bonds is 6. The van der Waals surface area contributed by atoms with Gasteiger partial charge in [-0.05, 0) is 35.7 Å². The minimum atomic E-state index is -0.0322. The van der Waals surface area contributed by atoms with Crippen molar-refractivity contribution >= 4 is 33.4 Å². The summed E-state index contributed by atoms with van der Waals surface area (Å²) in [5.41, 5.74) is 2.77. The predicted octanol–water partition coefficient (Wildman–Crippen LogP) is 3.31. The zero-order chi connectivity index (χ0) is 16.7. The molecule has 2 rings (SSSR count). The molecule has 4 nitrogen and oxygen atoms in total. The highest BCUT2D eigenvalue weighted by atomic mass is 79.9. The van der Waals surface area contributed by atoms with Crippen LogP contribution in [0, 0.1) is 0 Å². The van der Waals surface area contributed by atoms with Crippen LogP contribution in [0.25, 0.3) is 0 Å². The second-order valence-electron chi connectivity index (χ2n) is 5.19. The Bertz CT molecular complexity index is 684. The molecule has 0 atom stereocenters. The SMILES string of the molecule is CNC(=O)Cc1ccc(NC(=O)CCc2ccccc2Br)cc1. The van der Waals surface area contributed by atoms with E-state index in [-0.39, 0.29) is 11.8 Å². The molecular weight excluding hydrogens is 356 g/mol. The van der Waals surface area contributed by atoms with E-state index >= 15 is 0 Å². The lowest BCUT2D eigenvalue weighted by Gasteiger charge is -2.07. The molecule has 5 heteroatoms. The van der Waals surface area contributed by atoms with Crippen molar-refractivity contribution < 1.29 is 9.59 Å². The topological polar surface area (TPSA) is 58.2 Å². The van der Waals surface area contributed by atoms with E-state index in [0.29, 0.717) is 19.3 Å². The average molecular weight is 375 g/mol. The summed E-state index contributed by atoms with van der Waals surface area (Å²) in [6, 6.07) is 15.2. The van der Waals surface area contributed by atoms with Crippen molar-refractivity contribution in [3.05, 3.63) is 64.1 Å². The number of nitrogens with one attached hydrogen (secondary N) is 2. The van der Waals surface area contributed by atoms with E-state index < -0.39 is 0 Å². The maximum Gasteiger partial charge on any atom is 0.224 e. The molecule has 2 N–H and O–H groups in total. The molecular formula is C18H19BrN2O2. The van der Waals surface area contributed by atoms with E-state index in [2.05, 4.69) is 26.6 Å². The fourth-order valence-corrected chi connectivity index (χ4v) is 2.64. The zero-order valence-corrected chi connectivity index (χ0v) is 14.5. The fourth-order valence-electron chi connectivity index (χ4n) is 2.15. The third kappa shape index (κ3) is 5.53. The number of hydrogen-bond donors (Lipinski definition) is 2. The van der Waals surface area contributed by atoms with Gasteiger partial charge in [-0.25, -0.2) is 0 Å². The number of halogens is 1. The molecule has 23 heavy (non-hydrogen) atoms. The van der Waals surface area contributed by atoms with E-state index in [1.54, 1.807) is 7.05 Å². The second-order valence-corrected chi connectivity index (χ2v) is 6.04. The molecule has 0 saturated carbocycles. The van der Waals surface area contributed by atoms with Gasteiger partial charge in [0, 0.05) is 23.6 Å². The summed E-state index contributed by atoms with van der Waals surface area (Å²) < 4.78 is 1.02. The van der Waals surface area contributed by atoms with Gasteiger partial charge in [0.05, 0.1) is 6.42 Å². The Morgan fingerprint density at radius 3 is 2.35 bits per heavy atom. The van der Waals surface area contributed by atoms with Gasteiger partial charge in [-0.1, -0.05) is 46.3 Å². The molecule has 0 saturated heterocycles. The Morgan fingerprint density at radius 2 is 1.70 bits per heavy atom. The van der Waals surface area contributed by atoms with Crippen LogP contribution in [0.15, 0.2) is 53.0 Å². The standard InChI is InChI=1S/C18H19BrN2O2/c1-20-18(23)12-13-6-9-15(10-7-13)21-17(22)11-8-14-4-2-3-5-16(14)19/h2-7,9-10H,8,11-12H2,1H3,(H,20,23)(H,21,22). The van der Waals surface area contributed by atoms with E-state index in [0.717, 1.165) is 21.3 Å². The quantitative estimate of drug-likeness (QED) is 0.814. The summed E-state index contributed by atoms with van der Waals surface area (Å²) in [6.07, 6.45) is 1.44. The van der Waals surface area contributed by atoms with Crippen LogP contribution in [0.4, 0.5) is 5.69 Å². The Labute approximate surface area is 144 Å². The second kappa shape index (κ2) is 8.48. The van der Waals surface area contributed by atoms with Gasteiger partial charge < -0.3 is 10.6 Å². The summed E-state index contributed by atoms with van der Waals surface area (Å²) in [5, 5.41) is 5.46. The smallest absolute Gasteiger partial charge is 0.224 e. The highest BCUT2D eigenvalue weighted by Gasteiger charge is 2.06. The summed E-state index contributed by atoms with van der Waals surface area (Å²) in [4.78, 5) is 23.3. The molecule has 0 fully saturated rings.